The Bertz CT molecular complexity index is 864. The van der Waals surface area contributed by atoms with Gasteiger partial charge in [-0.25, -0.2) is 4.79 Å². The van der Waals surface area contributed by atoms with Gasteiger partial charge in [0.25, 0.3) is 0 Å². The van der Waals surface area contributed by atoms with Gasteiger partial charge in [-0.3, -0.25) is 9.69 Å². The molecule has 2 unspecified atom stereocenters. The maximum Gasteiger partial charge on any atom is 0.573 e. The fraction of sp³-hybridized carbons (Fsp3) is 0.474. The van der Waals surface area contributed by atoms with Crippen LogP contribution in [0.15, 0.2) is 18.2 Å². The molecule has 2 fully saturated rings. The zero-order chi connectivity index (χ0) is 21.4. The Morgan fingerprint density at radius 2 is 2.07 bits per heavy atom. The van der Waals surface area contributed by atoms with E-state index in [2.05, 4.69) is 4.74 Å². The maximum atomic E-state index is 12.6. The number of ether oxygens (including phenoxy) is 2. The van der Waals surface area contributed by atoms with Crippen LogP contribution in [0.2, 0.25) is 5.02 Å². The molecule has 1 aromatic rings. The summed E-state index contributed by atoms with van der Waals surface area (Å²) in [5.41, 5.74) is -1.74. The number of carboxylic acids is 1. The number of halogens is 4. The molecule has 0 spiro atoms. The summed E-state index contributed by atoms with van der Waals surface area (Å²) in [6.45, 7) is 0.102. The van der Waals surface area contributed by atoms with Gasteiger partial charge in [0, 0.05) is 25.1 Å². The minimum absolute atomic E-state index is 0.0127. The van der Waals surface area contributed by atoms with Crippen molar-refractivity contribution in [2.75, 3.05) is 11.5 Å². The summed E-state index contributed by atoms with van der Waals surface area (Å²) in [6.07, 6.45) is 1.74. The number of hydrogen-bond donors (Lipinski definition) is 1. The Hall–Kier alpha value is -2.44. The van der Waals surface area contributed by atoms with E-state index < -0.39 is 34.5 Å². The van der Waals surface area contributed by atoms with Crippen molar-refractivity contribution < 1.29 is 37.3 Å². The number of amides is 1. The summed E-state index contributed by atoms with van der Waals surface area (Å²) in [5.74, 6) is -0.782. The summed E-state index contributed by atoms with van der Waals surface area (Å²) < 4.78 is 46.9. The third-order valence-electron chi connectivity index (χ3n) is 5.09. The highest BCUT2D eigenvalue weighted by Gasteiger charge is 2.53. The lowest BCUT2D eigenvalue weighted by molar-refractivity contribution is -0.274. The Morgan fingerprint density at radius 3 is 2.59 bits per heavy atom. The highest BCUT2D eigenvalue weighted by molar-refractivity contribution is 6.32. The number of carboxylic acid groups (broad SMARTS) is 1. The predicted molar refractivity (Wildman–Crippen MR) is 96.5 cm³/mol. The Balaban J connectivity index is 2.03. The van der Waals surface area contributed by atoms with E-state index >= 15 is 0 Å². The number of alkyl halides is 3. The molecule has 3 rings (SSSR count). The van der Waals surface area contributed by atoms with Crippen LogP contribution in [-0.4, -0.2) is 41.6 Å². The highest BCUT2D eigenvalue weighted by Crippen LogP contribution is 2.44. The van der Waals surface area contributed by atoms with E-state index in [0.717, 1.165) is 35.9 Å². The third kappa shape index (κ3) is 4.43. The first-order valence-corrected chi connectivity index (χ1v) is 9.16. The third-order valence-corrected chi connectivity index (χ3v) is 5.38. The molecular weight excluding hydrogens is 415 g/mol. The molecule has 1 N–H and O–H groups in total. The summed E-state index contributed by atoms with van der Waals surface area (Å²) in [5, 5.41) is 9.59. The molecule has 10 heteroatoms. The number of nitrogens with zero attached hydrogens (tertiary/aromatic N) is 1. The van der Waals surface area contributed by atoms with Crippen LogP contribution in [-0.2, 0) is 14.3 Å². The van der Waals surface area contributed by atoms with Gasteiger partial charge in [0.2, 0.25) is 0 Å². The molecule has 2 aliphatic rings. The van der Waals surface area contributed by atoms with Crippen molar-refractivity contribution >= 4 is 29.2 Å². The largest absolute Gasteiger partial charge is 0.573 e. The van der Waals surface area contributed by atoms with E-state index in [1.165, 1.54) is 0 Å². The van der Waals surface area contributed by atoms with Gasteiger partial charge in [-0.2, -0.15) is 0 Å². The van der Waals surface area contributed by atoms with Crippen molar-refractivity contribution in [2.45, 2.75) is 43.7 Å². The van der Waals surface area contributed by atoms with E-state index in [0.29, 0.717) is 0 Å². The number of aliphatic carboxylic acids is 1. The first-order chi connectivity index (χ1) is 13.6. The molecular formula is C19H17ClF3NO5. The van der Waals surface area contributed by atoms with Crippen LogP contribution >= 0.6 is 11.6 Å². The second-order valence-corrected chi connectivity index (χ2v) is 7.39. The zero-order valence-electron chi connectivity index (χ0n) is 15.0. The van der Waals surface area contributed by atoms with Gasteiger partial charge in [-0.1, -0.05) is 11.6 Å². The van der Waals surface area contributed by atoms with Gasteiger partial charge >= 0.3 is 18.2 Å². The van der Waals surface area contributed by atoms with Gasteiger partial charge in [0.05, 0.1) is 11.1 Å². The average Bonchev–Trinajstić information content (AvgIpc) is 3.48. The average molecular weight is 432 g/mol. The molecule has 1 aliphatic heterocycles. The van der Waals surface area contributed by atoms with Crippen molar-refractivity contribution in [1.82, 2.24) is 0 Å². The van der Waals surface area contributed by atoms with Gasteiger partial charge in [0.15, 0.2) is 5.54 Å². The van der Waals surface area contributed by atoms with Gasteiger partial charge in [-0.15, -0.1) is 19.6 Å². The van der Waals surface area contributed by atoms with Crippen LogP contribution in [0.3, 0.4) is 0 Å². The first kappa shape index (κ1) is 21.3. The van der Waals surface area contributed by atoms with Gasteiger partial charge in [-0.05, 0) is 42.9 Å². The number of carbonyl (C=O) groups is 2. The van der Waals surface area contributed by atoms with E-state index in [1.807, 2.05) is 5.92 Å². The SMILES string of the molecule is C#CC(=O)N(c1ccc(OC(F)(F)F)c(Cl)c1)C1(C(=O)O)CCOC(C2CC2)C1. The topological polar surface area (TPSA) is 76.1 Å². The van der Waals surface area contributed by atoms with Crippen molar-refractivity contribution in [3.8, 4) is 18.1 Å². The van der Waals surface area contributed by atoms with Crippen molar-refractivity contribution in [3.63, 3.8) is 0 Å². The molecule has 0 radical (unpaired) electrons. The van der Waals surface area contributed by atoms with E-state index in [-0.39, 0.29) is 37.2 Å². The summed E-state index contributed by atoms with van der Waals surface area (Å²) in [6, 6.07) is 3.06. The van der Waals surface area contributed by atoms with E-state index in [9.17, 15) is 27.9 Å². The van der Waals surface area contributed by atoms with Crippen LogP contribution in [0.1, 0.15) is 25.7 Å². The second kappa shape index (κ2) is 7.76. The van der Waals surface area contributed by atoms with Crippen molar-refractivity contribution in [2.24, 2.45) is 5.92 Å². The first-order valence-electron chi connectivity index (χ1n) is 8.78. The second-order valence-electron chi connectivity index (χ2n) is 6.98. The minimum Gasteiger partial charge on any atom is -0.479 e. The number of benzene rings is 1. The van der Waals surface area contributed by atoms with Crippen LogP contribution in [0.4, 0.5) is 18.9 Å². The molecule has 2 atom stereocenters. The number of rotatable bonds is 5. The molecule has 0 bridgehead atoms. The molecule has 1 saturated carbocycles. The lowest BCUT2D eigenvalue weighted by Gasteiger charge is -2.44. The lowest BCUT2D eigenvalue weighted by atomic mass is 9.82. The molecule has 1 aliphatic carbocycles. The molecule has 0 aromatic heterocycles. The van der Waals surface area contributed by atoms with Gasteiger partial charge < -0.3 is 14.6 Å². The lowest BCUT2D eigenvalue weighted by Crippen LogP contribution is -2.61. The monoisotopic (exact) mass is 431 g/mol. The Labute approximate surface area is 169 Å². The fourth-order valence-corrected chi connectivity index (χ4v) is 3.81. The number of anilines is 1. The molecule has 6 nitrogen and oxygen atoms in total. The quantitative estimate of drug-likeness (QED) is 0.721. The smallest absolute Gasteiger partial charge is 0.479 e. The van der Waals surface area contributed by atoms with Crippen LogP contribution < -0.4 is 9.64 Å². The van der Waals surface area contributed by atoms with Crippen LogP contribution in [0, 0.1) is 18.3 Å². The summed E-state index contributed by atoms with van der Waals surface area (Å²) >= 11 is 5.89. The van der Waals surface area contributed by atoms with Crippen molar-refractivity contribution in [3.05, 3.63) is 23.2 Å². The number of terminal acetylenes is 1. The Kier molecular flexibility index (Phi) is 5.70. The fourth-order valence-electron chi connectivity index (χ4n) is 3.60. The molecule has 156 valence electrons. The number of hydrogen-bond acceptors (Lipinski definition) is 4. The highest BCUT2D eigenvalue weighted by atomic mass is 35.5. The van der Waals surface area contributed by atoms with E-state index in [4.69, 9.17) is 22.8 Å². The van der Waals surface area contributed by atoms with E-state index in [1.54, 1.807) is 0 Å². The predicted octanol–water partition coefficient (Wildman–Crippen LogP) is 3.62. The van der Waals surface area contributed by atoms with Crippen LogP contribution in [0.5, 0.6) is 5.75 Å². The minimum atomic E-state index is -4.96. The number of carbonyl (C=O) groups excluding carboxylic acids is 1. The summed E-state index contributed by atoms with van der Waals surface area (Å²) in [4.78, 5) is 25.8. The molecule has 1 amide bonds. The maximum absolute atomic E-state index is 12.6. The normalized spacial score (nSPS) is 24.4. The van der Waals surface area contributed by atoms with Gasteiger partial charge in [0.1, 0.15) is 5.75 Å². The molecule has 1 heterocycles. The zero-order valence-corrected chi connectivity index (χ0v) is 15.8. The molecule has 29 heavy (non-hydrogen) atoms. The standard InChI is InChI=1S/C19H17ClF3NO5/c1-2-16(25)24(12-5-6-14(13(20)9-12)29-19(21,22)23)18(17(26)27)7-8-28-15(10-18)11-3-4-11/h1,5-6,9,11,15H,3-4,7-8,10H2,(H,26,27). The van der Waals surface area contributed by atoms with Crippen molar-refractivity contribution in [1.29, 1.82) is 0 Å². The summed E-state index contributed by atoms with van der Waals surface area (Å²) in [7, 11) is 0. The Morgan fingerprint density at radius 1 is 1.38 bits per heavy atom. The molecule has 1 aromatic carbocycles. The van der Waals surface area contributed by atoms with Crippen LogP contribution in [0.25, 0.3) is 0 Å². The molecule has 1 saturated heterocycles.